The number of ketones is 1. The van der Waals surface area contributed by atoms with Gasteiger partial charge in [0.15, 0.2) is 5.78 Å². The molecule has 3 nitrogen and oxygen atoms in total. The fourth-order valence-corrected chi connectivity index (χ4v) is 1.79. The number of nitrogen functional groups attached to an aromatic ring is 1. The van der Waals surface area contributed by atoms with E-state index in [1.807, 2.05) is 0 Å². The lowest BCUT2D eigenvalue weighted by Gasteiger charge is -2.07. The summed E-state index contributed by atoms with van der Waals surface area (Å²) in [5.41, 5.74) is 6.50. The zero-order chi connectivity index (χ0) is 13.8. The molecule has 0 aliphatic carbocycles. The van der Waals surface area contributed by atoms with Crippen LogP contribution in [0.15, 0.2) is 42.5 Å². The Labute approximate surface area is 115 Å². The third-order valence-electron chi connectivity index (χ3n) is 2.60. The monoisotopic (exact) mass is 278 g/mol. The van der Waals surface area contributed by atoms with E-state index in [0.717, 1.165) is 5.69 Å². The number of hydrogen-bond donors (Lipinski definition) is 2. The van der Waals surface area contributed by atoms with Crippen molar-refractivity contribution in [2.45, 2.75) is 0 Å². The molecule has 5 heteroatoms. The van der Waals surface area contributed by atoms with Crippen molar-refractivity contribution in [1.82, 2.24) is 0 Å². The molecule has 0 radical (unpaired) electrons. The molecule has 0 aliphatic rings. The number of rotatable bonds is 4. The van der Waals surface area contributed by atoms with Crippen molar-refractivity contribution in [2.24, 2.45) is 0 Å². The maximum atomic E-state index is 13.0. The molecule has 0 heterocycles. The van der Waals surface area contributed by atoms with E-state index in [0.29, 0.717) is 10.6 Å². The van der Waals surface area contributed by atoms with Crippen LogP contribution in [0.3, 0.4) is 0 Å². The van der Waals surface area contributed by atoms with Crippen LogP contribution < -0.4 is 11.1 Å². The van der Waals surface area contributed by atoms with Gasteiger partial charge in [-0.25, -0.2) is 4.39 Å². The second kappa shape index (κ2) is 5.71. The van der Waals surface area contributed by atoms with Crippen LogP contribution in [0.2, 0.25) is 5.02 Å². The minimum absolute atomic E-state index is 0.0337. The van der Waals surface area contributed by atoms with Gasteiger partial charge in [0.1, 0.15) is 5.82 Å². The van der Waals surface area contributed by atoms with Gasteiger partial charge in [0.2, 0.25) is 0 Å². The highest BCUT2D eigenvalue weighted by Gasteiger charge is 2.08. The van der Waals surface area contributed by atoms with E-state index in [1.165, 1.54) is 18.2 Å². The van der Waals surface area contributed by atoms with Crippen molar-refractivity contribution in [3.63, 3.8) is 0 Å². The molecule has 0 spiro atoms. The lowest BCUT2D eigenvalue weighted by molar-refractivity contribution is 0.101. The van der Waals surface area contributed by atoms with Gasteiger partial charge in [0, 0.05) is 16.3 Å². The van der Waals surface area contributed by atoms with Gasteiger partial charge in [0.05, 0.1) is 12.2 Å². The Morgan fingerprint density at radius 3 is 2.74 bits per heavy atom. The second-order valence-electron chi connectivity index (χ2n) is 4.02. The Morgan fingerprint density at radius 1 is 1.26 bits per heavy atom. The van der Waals surface area contributed by atoms with E-state index < -0.39 is 5.82 Å². The molecule has 98 valence electrons. The van der Waals surface area contributed by atoms with Gasteiger partial charge in [-0.2, -0.15) is 0 Å². The van der Waals surface area contributed by atoms with Crippen molar-refractivity contribution in [2.75, 3.05) is 17.6 Å². The summed E-state index contributed by atoms with van der Waals surface area (Å²) in [6, 6.07) is 11.0. The first-order chi connectivity index (χ1) is 9.06. The number of nitrogens with two attached hydrogens (primary N) is 1. The number of nitrogens with one attached hydrogen (secondary N) is 1. The lowest BCUT2D eigenvalue weighted by Crippen LogP contribution is -2.14. The summed E-state index contributed by atoms with van der Waals surface area (Å²) in [5.74, 6) is -0.703. The van der Waals surface area contributed by atoms with Crippen molar-refractivity contribution in [3.8, 4) is 0 Å². The van der Waals surface area contributed by atoms with Crippen LogP contribution in [-0.2, 0) is 0 Å². The van der Waals surface area contributed by atoms with Crippen molar-refractivity contribution in [1.29, 1.82) is 0 Å². The van der Waals surface area contributed by atoms with E-state index in [1.54, 1.807) is 24.3 Å². The molecule has 2 aromatic carbocycles. The summed E-state index contributed by atoms with van der Waals surface area (Å²) in [6.07, 6.45) is 0. The van der Waals surface area contributed by atoms with E-state index in [2.05, 4.69) is 5.32 Å². The second-order valence-corrected chi connectivity index (χ2v) is 4.46. The van der Waals surface area contributed by atoms with Crippen LogP contribution in [0.25, 0.3) is 0 Å². The Morgan fingerprint density at radius 2 is 2.05 bits per heavy atom. The van der Waals surface area contributed by atoms with Crippen molar-refractivity contribution < 1.29 is 9.18 Å². The van der Waals surface area contributed by atoms with Gasteiger partial charge < -0.3 is 11.1 Å². The van der Waals surface area contributed by atoms with Crippen LogP contribution >= 0.6 is 11.6 Å². The molecule has 0 unspecified atom stereocenters. The molecular formula is C14H12ClFN2O. The standard InChI is InChI=1S/C14H12ClFN2O/c15-10-2-1-3-11(7-10)18-8-14(19)9-4-5-12(16)13(17)6-9/h1-7,18H,8,17H2. The Kier molecular flexibility index (Phi) is 4.02. The molecule has 0 bridgehead atoms. The van der Waals surface area contributed by atoms with Gasteiger partial charge in [-0.3, -0.25) is 4.79 Å². The fraction of sp³-hybridized carbons (Fsp3) is 0.0714. The van der Waals surface area contributed by atoms with Crippen LogP contribution in [0, 0.1) is 5.82 Å². The first kappa shape index (κ1) is 13.4. The zero-order valence-corrected chi connectivity index (χ0v) is 10.7. The highest BCUT2D eigenvalue weighted by molar-refractivity contribution is 6.30. The predicted molar refractivity (Wildman–Crippen MR) is 75.1 cm³/mol. The third-order valence-corrected chi connectivity index (χ3v) is 2.83. The van der Waals surface area contributed by atoms with E-state index in [-0.39, 0.29) is 18.0 Å². The Hall–Kier alpha value is -2.07. The molecule has 0 atom stereocenters. The van der Waals surface area contributed by atoms with E-state index >= 15 is 0 Å². The first-order valence-electron chi connectivity index (χ1n) is 5.64. The van der Waals surface area contributed by atoms with Crippen LogP contribution in [0.4, 0.5) is 15.8 Å². The van der Waals surface area contributed by atoms with Gasteiger partial charge in [-0.05, 0) is 36.4 Å². The minimum atomic E-state index is -0.528. The normalized spacial score (nSPS) is 10.2. The lowest BCUT2D eigenvalue weighted by atomic mass is 10.1. The van der Waals surface area contributed by atoms with Crippen LogP contribution in [0.1, 0.15) is 10.4 Å². The number of carbonyl (C=O) groups excluding carboxylic acids is 1. The molecule has 0 aromatic heterocycles. The number of benzene rings is 2. The minimum Gasteiger partial charge on any atom is -0.396 e. The summed E-state index contributed by atoms with van der Waals surface area (Å²) < 4.78 is 13.0. The summed E-state index contributed by atoms with van der Waals surface area (Å²) in [4.78, 5) is 11.9. The highest BCUT2D eigenvalue weighted by Crippen LogP contribution is 2.16. The Balaban J connectivity index is 2.03. The van der Waals surface area contributed by atoms with Crippen molar-refractivity contribution in [3.05, 3.63) is 58.9 Å². The smallest absolute Gasteiger partial charge is 0.181 e. The zero-order valence-electron chi connectivity index (χ0n) is 9.99. The van der Waals surface area contributed by atoms with Crippen molar-refractivity contribution >= 4 is 28.8 Å². The fourth-order valence-electron chi connectivity index (χ4n) is 1.60. The molecule has 2 aromatic rings. The number of carbonyl (C=O) groups is 1. The molecular weight excluding hydrogens is 267 g/mol. The number of anilines is 2. The molecule has 19 heavy (non-hydrogen) atoms. The van der Waals surface area contributed by atoms with Gasteiger partial charge in [-0.15, -0.1) is 0 Å². The molecule has 0 saturated carbocycles. The van der Waals surface area contributed by atoms with E-state index in [4.69, 9.17) is 17.3 Å². The topological polar surface area (TPSA) is 55.1 Å². The maximum Gasteiger partial charge on any atom is 0.181 e. The average Bonchev–Trinajstić information content (AvgIpc) is 2.39. The molecule has 2 rings (SSSR count). The summed E-state index contributed by atoms with van der Waals surface area (Å²) in [6.45, 7) is 0.0887. The number of hydrogen-bond acceptors (Lipinski definition) is 3. The van der Waals surface area contributed by atoms with Gasteiger partial charge >= 0.3 is 0 Å². The highest BCUT2D eigenvalue weighted by atomic mass is 35.5. The molecule has 0 fully saturated rings. The molecule has 0 amide bonds. The quantitative estimate of drug-likeness (QED) is 0.666. The first-order valence-corrected chi connectivity index (χ1v) is 6.02. The largest absolute Gasteiger partial charge is 0.396 e. The molecule has 3 N–H and O–H groups in total. The maximum absolute atomic E-state index is 13.0. The van der Waals surface area contributed by atoms with Gasteiger partial charge in [0.25, 0.3) is 0 Å². The Bertz CT molecular complexity index is 616. The van der Waals surface area contributed by atoms with Gasteiger partial charge in [-0.1, -0.05) is 17.7 Å². The summed E-state index contributed by atoms with van der Waals surface area (Å²) in [5, 5.41) is 3.54. The predicted octanol–water partition coefficient (Wildman–Crippen LogP) is 3.36. The summed E-state index contributed by atoms with van der Waals surface area (Å²) in [7, 11) is 0. The molecule has 0 saturated heterocycles. The average molecular weight is 279 g/mol. The van der Waals surface area contributed by atoms with Crippen LogP contribution in [0.5, 0.6) is 0 Å². The van der Waals surface area contributed by atoms with E-state index in [9.17, 15) is 9.18 Å². The number of Topliss-reactive ketones (excluding diaryl/α,β-unsaturated/α-hetero) is 1. The summed E-state index contributed by atoms with van der Waals surface area (Å²) >= 11 is 5.83. The number of halogens is 2. The SMILES string of the molecule is Nc1cc(C(=O)CNc2cccc(Cl)c2)ccc1F. The molecule has 0 aliphatic heterocycles. The third kappa shape index (κ3) is 3.45. The van der Waals surface area contributed by atoms with Crippen LogP contribution in [-0.4, -0.2) is 12.3 Å².